The third-order valence-electron chi connectivity index (χ3n) is 1.96. The fraction of sp³-hybridized carbons (Fsp3) is 0.200. The average Bonchev–Trinajstić information content (AvgIpc) is 2.58. The van der Waals surface area contributed by atoms with Gasteiger partial charge >= 0.3 is 0 Å². The molecule has 0 aliphatic carbocycles. The third-order valence-corrected chi connectivity index (χ3v) is 2.66. The van der Waals surface area contributed by atoms with Gasteiger partial charge in [-0.2, -0.15) is 0 Å². The van der Waals surface area contributed by atoms with Crippen LogP contribution in [0.2, 0.25) is 0 Å². The molecule has 0 radical (unpaired) electrons. The number of hydrogen-bond donors (Lipinski definition) is 1. The standard InChI is InChI=1S/C10H8BrClN2O2/c1-5-13-7-2-6(11)3-8(10(7)16-5)14-9(15)4-12/h2-3H,4H2,1H3,(H,14,15). The Morgan fingerprint density at radius 2 is 2.38 bits per heavy atom. The molecule has 0 fully saturated rings. The van der Waals surface area contributed by atoms with Gasteiger partial charge in [0, 0.05) is 11.4 Å². The first-order valence-electron chi connectivity index (χ1n) is 4.52. The number of fused-ring (bicyclic) bond motifs is 1. The molecule has 2 aromatic rings. The Bertz CT molecular complexity index is 553. The van der Waals surface area contributed by atoms with Crippen LogP contribution in [0.3, 0.4) is 0 Å². The van der Waals surface area contributed by atoms with Crippen molar-refractivity contribution in [1.82, 2.24) is 4.98 Å². The molecule has 0 atom stereocenters. The van der Waals surface area contributed by atoms with Gasteiger partial charge in [-0.1, -0.05) is 15.9 Å². The van der Waals surface area contributed by atoms with Crippen molar-refractivity contribution in [2.75, 3.05) is 11.2 Å². The Kier molecular flexibility index (Phi) is 3.16. The van der Waals surface area contributed by atoms with Gasteiger partial charge < -0.3 is 9.73 Å². The number of carbonyl (C=O) groups excluding carboxylic acids is 1. The molecule has 84 valence electrons. The van der Waals surface area contributed by atoms with Crippen LogP contribution in [-0.2, 0) is 4.79 Å². The predicted molar refractivity (Wildman–Crippen MR) is 65.8 cm³/mol. The summed E-state index contributed by atoms with van der Waals surface area (Å²) < 4.78 is 6.23. The summed E-state index contributed by atoms with van der Waals surface area (Å²) in [5.74, 6) is 0.172. The number of hydrogen-bond acceptors (Lipinski definition) is 3. The average molecular weight is 304 g/mol. The summed E-state index contributed by atoms with van der Waals surface area (Å²) >= 11 is 8.77. The second-order valence-electron chi connectivity index (χ2n) is 3.22. The molecule has 0 saturated heterocycles. The normalized spacial score (nSPS) is 10.7. The number of nitrogens with zero attached hydrogens (tertiary/aromatic N) is 1. The van der Waals surface area contributed by atoms with E-state index in [0.29, 0.717) is 22.7 Å². The first kappa shape index (κ1) is 11.4. The number of halogens is 2. The molecular weight excluding hydrogens is 295 g/mol. The molecule has 16 heavy (non-hydrogen) atoms. The number of alkyl halides is 1. The number of aryl methyl sites for hydroxylation is 1. The quantitative estimate of drug-likeness (QED) is 0.867. The zero-order chi connectivity index (χ0) is 11.7. The van der Waals surface area contributed by atoms with Gasteiger partial charge in [0.15, 0.2) is 11.5 Å². The molecule has 0 aliphatic rings. The lowest BCUT2D eigenvalue weighted by Crippen LogP contribution is -2.12. The molecule has 0 aliphatic heterocycles. The molecule has 1 heterocycles. The minimum absolute atomic E-state index is 0.0961. The number of benzene rings is 1. The SMILES string of the molecule is Cc1nc2cc(Br)cc(NC(=O)CCl)c2o1. The zero-order valence-corrected chi connectivity index (χ0v) is 10.7. The van der Waals surface area contributed by atoms with Crippen LogP contribution in [-0.4, -0.2) is 16.8 Å². The largest absolute Gasteiger partial charge is 0.439 e. The van der Waals surface area contributed by atoms with E-state index in [1.54, 1.807) is 13.0 Å². The second kappa shape index (κ2) is 4.43. The van der Waals surface area contributed by atoms with E-state index in [4.69, 9.17) is 16.0 Å². The lowest BCUT2D eigenvalue weighted by atomic mass is 10.3. The van der Waals surface area contributed by atoms with Gasteiger partial charge in [-0.05, 0) is 12.1 Å². The van der Waals surface area contributed by atoms with Crippen LogP contribution in [0.15, 0.2) is 21.0 Å². The Labute approximate surface area is 105 Å². The molecule has 1 aromatic carbocycles. The monoisotopic (exact) mass is 302 g/mol. The number of rotatable bonds is 2. The number of carbonyl (C=O) groups is 1. The lowest BCUT2D eigenvalue weighted by molar-refractivity contribution is -0.113. The van der Waals surface area contributed by atoms with Crippen LogP contribution in [0.25, 0.3) is 11.1 Å². The molecule has 1 N–H and O–H groups in total. The van der Waals surface area contributed by atoms with E-state index in [1.165, 1.54) is 0 Å². The number of aromatic nitrogens is 1. The van der Waals surface area contributed by atoms with Crippen LogP contribution in [0.1, 0.15) is 5.89 Å². The van der Waals surface area contributed by atoms with E-state index < -0.39 is 0 Å². The smallest absolute Gasteiger partial charge is 0.239 e. The van der Waals surface area contributed by atoms with Crippen LogP contribution < -0.4 is 5.32 Å². The summed E-state index contributed by atoms with van der Waals surface area (Å²) in [4.78, 5) is 15.4. The van der Waals surface area contributed by atoms with E-state index in [1.807, 2.05) is 6.07 Å². The summed E-state index contributed by atoms with van der Waals surface area (Å²) in [7, 11) is 0. The van der Waals surface area contributed by atoms with Crippen molar-refractivity contribution in [1.29, 1.82) is 0 Å². The molecular formula is C10H8BrClN2O2. The van der Waals surface area contributed by atoms with Crippen molar-refractivity contribution in [2.45, 2.75) is 6.92 Å². The van der Waals surface area contributed by atoms with Crippen LogP contribution >= 0.6 is 27.5 Å². The number of amides is 1. The van der Waals surface area contributed by atoms with E-state index in [0.717, 1.165) is 4.47 Å². The maximum Gasteiger partial charge on any atom is 0.239 e. The summed E-state index contributed by atoms with van der Waals surface area (Å²) in [5.41, 5.74) is 1.81. The molecule has 0 bridgehead atoms. The highest BCUT2D eigenvalue weighted by atomic mass is 79.9. The molecule has 2 rings (SSSR count). The minimum atomic E-state index is -0.282. The highest BCUT2D eigenvalue weighted by Crippen LogP contribution is 2.28. The van der Waals surface area contributed by atoms with Gasteiger partial charge in [-0.3, -0.25) is 4.79 Å². The summed E-state index contributed by atoms with van der Waals surface area (Å²) in [6.45, 7) is 1.75. The van der Waals surface area contributed by atoms with Crippen molar-refractivity contribution < 1.29 is 9.21 Å². The molecule has 1 amide bonds. The van der Waals surface area contributed by atoms with Crippen molar-refractivity contribution in [3.63, 3.8) is 0 Å². The molecule has 4 nitrogen and oxygen atoms in total. The first-order valence-corrected chi connectivity index (χ1v) is 5.85. The van der Waals surface area contributed by atoms with E-state index >= 15 is 0 Å². The fourth-order valence-corrected chi connectivity index (χ4v) is 1.90. The molecule has 1 aromatic heterocycles. The second-order valence-corrected chi connectivity index (χ2v) is 4.40. The predicted octanol–water partition coefficient (Wildman–Crippen LogP) is 3.08. The minimum Gasteiger partial charge on any atom is -0.439 e. The van der Waals surface area contributed by atoms with Crippen molar-refractivity contribution in [3.05, 3.63) is 22.5 Å². The topological polar surface area (TPSA) is 55.1 Å². The maximum absolute atomic E-state index is 11.2. The van der Waals surface area contributed by atoms with Gasteiger partial charge in [-0.25, -0.2) is 4.98 Å². The van der Waals surface area contributed by atoms with E-state index in [2.05, 4.69) is 26.2 Å². The highest BCUT2D eigenvalue weighted by Gasteiger charge is 2.11. The first-order chi connectivity index (χ1) is 7.60. The molecule has 6 heteroatoms. The Hall–Kier alpha value is -1.07. The summed E-state index contributed by atoms with van der Waals surface area (Å²) in [6.07, 6.45) is 0. The van der Waals surface area contributed by atoms with Crippen LogP contribution in [0.4, 0.5) is 5.69 Å². The molecule has 0 unspecified atom stereocenters. The van der Waals surface area contributed by atoms with Gasteiger partial charge in [0.25, 0.3) is 0 Å². The van der Waals surface area contributed by atoms with Crippen LogP contribution in [0.5, 0.6) is 0 Å². The Balaban J connectivity index is 2.53. The maximum atomic E-state index is 11.2. The zero-order valence-electron chi connectivity index (χ0n) is 8.38. The van der Waals surface area contributed by atoms with E-state index in [9.17, 15) is 4.79 Å². The number of oxazole rings is 1. The highest BCUT2D eigenvalue weighted by molar-refractivity contribution is 9.10. The number of nitrogens with one attached hydrogen (secondary N) is 1. The van der Waals surface area contributed by atoms with Crippen molar-refractivity contribution in [2.24, 2.45) is 0 Å². The molecule has 0 spiro atoms. The van der Waals surface area contributed by atoms with Crippen molar-refractivity contribution >= 4 is 50.2 Å². The van der Waals surface area contributed by atoms with Gasteiger partial charge in [0.1, 0.15) is 11.4 Å². The van der Waals surface area contributed by atoms with Gasteiger partial charge in [0.2, 0.25) is 5.91 Å². The Morgan fingerprint density at radius 1 is 1.62 bits per heavy atom. The fourth-order valence-electron chi connectivity index (χ4n) is 1.39. The van der Waals surface area contributed by atoms with Gasteiger partial charge in [-0.15, -0.1) is 11.6 Å². The van der Waals surface area contributed by atoms with Crippen LogP contribution in [0, 0.1) is 6.92 Å². The van der Waals surface area contributed by atoms with Crippen molar-refractivity contribution in [3.8, 4) is 0 Å². The summed E-state index contributed by atoms with van der Waals surface area (Å²) in [5, 5.41) is 2.65. The van der Waals surface area contributed by atoms with Gasteiger partial charge in [0.05, 0.1) is 5.69 Å². The Morgan fingerprint density at radius 3 is 3.06 bits per heavy atom. The lowest BCUT2D eigenvalue weighted by Gasteiger charge is -2.03. The van der Waals surface area contributed by atoms with E-state index in [-0.39, 0.29) is 11.8 Å². The summed E-state index contributed by atoms with van der Waals surface area (Å²) in [6, 6.07) is 3.57. The number of anilines is 1. The third kappa shape index (κ3) is 2.20. The molecule has 0 saturated carbocycles.